The number of piperazine rings is 1. The van der Waals surface area contributed by atoms with E-state index in [1.165, 1.54) is 16.9 Å². The van der Waals surface area contributed by atoms with Crippen LogP contribution < -0.4 is 21.5 Å². The molecular formula is C21H24N6O2S. The van der Waals surface area contributed by atoms with Crippen molar-refractivity contribution in [3.8, 4) is 0 Å². The van der Waals surface area contributed by atoms with E-state index >= 15 is 0 Å². The van der Waals surface area contributed by atoms with Gasteiger partial charge < -0.3 is 20.9 Å². The second-order valence-electron chi connectivity index (χ2n) is 7.86. The predicted octanol–water partition coefficient (Wildman–Crippen LogP) is 1.76. The summed E-state index contributed by atoms with van der Waals surface area (Å²) >= 11 is 1.46. The highest BCUT2D eigenvalue weighted by molar-refractivity contribution is 7.13. The van der Waals surface area contributed by atoms with Gasteiger partial charge in [0.1, 0.15) is 5.69 Å². The summed E-state index contributed by atoms with van der Waals surface area (Å²) in [4.78, 5) is 35.7. The standard InChI is InChI=1S/C21H24N6O2S/c22-19(28)17-12-30-21(25-17)27-8-6-26(7-9-27)11-13-3-4-14-16(10-13)24-20(29)15-2-1-5-23-18(14)15/h3-4,10,12,23H,1-2,5-9,11H2,(H2,22,28)(H,24,29). The molecule has 2 aliphatic rings. The van der Waals surface area contributed by atoms with Crippen molar-refractivity contribution >= 4 is 39.0 Å². The molecule has 4 N–H and O–H groups in total. The number of primary amides is 1. The number of nitrogens with two attached hydrogens (primary N) is 1. The maximum atomic E-state index is 12.4. The lowest BCUT2D eigenvalue weighted by atomic mass is 10.0. The third-order valence-corrected chi connectivity index (χ3v) is 6.78. The molecule has 5 rings (SSSR count). The summed E-state index contributed by atoms with van der Waals surface area (Å²) in [6.07, 6.45) is 1.83. The maximum absolute atomic E-state index is 12.4. The molecule has 2 aliphatic heterocycles. The van der Waals surface area contributed by atoms with Crippen molar-refractivity contribution in [1.29, 1.82) is 0 Å². The van der Waals surface area contributed by atoms with E-state index in [1.807, 2.05) is 0 Å². The molecule has 4 heterocycles. The SMILES string of the molecule is NC(=O)c1csc(N2CCN(Cc3ccc4c5c(c(=O)[nH]c4c3)CCCN5)CC2)n1. The Morgan fingerprint density at radius 2 is 2.07 bits per heavy atom. The summed E-state index contributed by atoms with van der Waals surface area (Å²) in [6, 6.07) is 6.37. The number of nitrogens with zero attached hydrogens (tertiary/aromatic N) is 3. The second-order valence-corrected chi connectivity index (χ2v) is 8.70. The average Bonchev–Trinajstić information content (AvgIpc) is 3.25. The number of rotatable bonds is 4. The lowest BCUT2D eigenvalue weighted by Crippen LogP contribution is -2.46. The van der Waals surface area contributed by atoms with Crippen LogP contribution in [-0.4, -0.2) is 53.5 Å². The Bertz CT molecular complexity index is 1160. The molecule has 0 radical (unpaired) electrons. The van der Waals surface area contributed by atoms with E-state index in [1.54, 1.807) is 5.38 Å². The zero-order valence-electron chi connectivity index (χ0n) is 16.6. The molecule has 0 atom stereocenters. The number of pyridine rings is 1. The van der Waals surface area contributed by atoms with Gasteiger partial charge in [-0.2, -0.15) is 0 Å². The lowest BCUT2D eigenvalue weighted by Gasteiger charge is -2.34. The Hall–Kier alpha value is -2.91. The third-order valence-electron chi connectivity index (χ3n) is 5.88. The Morgan fingerprint density at radius 3 is 2.83 bits per heavy atom. The van der Waals surface area contributed by atoms with Crippen LogP contribution in [0.15, 0.2) is 28.4 Å². The first-order chi connectivity index (χ1) is 14.6. The number of amides is 1. The van der Waals surface area contributed by atoms with Gasteiger partial charge in [-0.05, 0) is 24.5 Å². The summed E-state index contributed by atoms with van der Waals surface area (Å²) in [6.45, 7) is 5.27. The molecule has 1 aromatic carbocycles. The summed E-state index contributed by atoms with van der Waals surface area (Å²) in [5.41, 5.74) is 9.61. The number of benzene rings is 1. The van der Waals surface area contributed by atoms with Crippen molar-refractivity contribution in [2.45, 2.75) is 19.4 Å². The molecule has 0 aliphatic carbocycles. The summed E-state index contributed by atoms with van der Waals surface area (Å²) in [5, 5.41) is 7.06. The minimum absolute atomic E-state index is 0.0224. The molecule has 3 aromatic rings. The van der Waals surface area contributed by atoms with E-state index in [0.29, 0.717) is 5.69 Å². The molecule has 2 aromatic heterocycles. The van der Waals surface area contributed by atoms with Gasteiger partial charge in [0.2, 0.25) is 0 Å². The number of carbonyl (C=O) groups is 1. The molecule has 9 heteroatoms. The van der Waals surface area contributed by atoms with Gasteiger partial charge in [0.15, 0.2) is 5.13 Å². The van der Waals surface area contributed by atoms with Crippen LogP contribution in [0.4, 0.5) is 10.8 Å². The molecule has 1 amide bonds. The van der Waals surface area contributed by atoms with E-state index < -0.39 is 5.91 Å². The largest absolute Gasteiger partial charge is 0.384 e. The molecule has 1 saturated heterocycles. The van der Waals surface area contributed by atoms with Crippen LogP contribution in [0.3, 0.4) is 0 Å². The predicted molar refractivity (Wildman–Crippen MR) is 120 cm³/mol. The minimum Gasteiger partial charge on any atom is -0.384 e. The van der Waals surface area contributed by atoms with Crippen LogP contribution in [0, 0.1) is 0 Å². The number of fused-ring (bicyclic) bond motifs is 3. The van der Waals surface area contributed by atoms with Crippen LogP contribution in [0.1, 0.15) is 28.0 Å². The second kappa shape index (κ2) is 7.73. The summed E-state index contributed by atoms with van der Waals surface area (Å²) in [7, 11) is 0. The van der Waals surface area contributed by atoms with Crippen molar-refractivity contribution < 1.29 is 4.79 Å². The molecule has 0 unspecified atom stereocenters. The smallest absolute Gasteiger partial charge is 0.268 e. The number of H-pyrrole nitrogens is 1. The Balaban J connectivity index is 1.28. The quantitative estimate of drug-likeness (QED) is 0.589. The molecule has 0 bridgehead atoms. The van der Waals surface area contributed by atoms with Crippen molar-refractivity contribution in [3.63, 3.8) is 0 Å². The molecule has 0 spiro atoms. The van der Waals surface area contributed by atoms with Crippen LogP contribution in [0.2, 0.25) is 0 Å². The number of aromatic nitrogens is 2. The summed E-state index contributed by atoms with van der Waals surface area (Å²) in [5.74, 6) is -0.484. The zero-order valence-corrected chi connectivity index (χ0v) is 17.4. The molecule has 0 saturated carbocycles. The van der Waals surface area contributed by atoms with Crippen molar-refractivity contribution in [3.05, 3.63) is 50.8 Å². The van der Waals surface area contributed by atoms with E-state index in [4.69, 9.17) is 5.73 Å². The first-order valence-corrected chi connectivity index (χ1v) is 11.1. The van der Waals surface area contributed by atoms with Crippen molar-refractivity contribution in [2.24, 2.45) is 5.73 Å². The first-order valence-electron chi connectivity index (χ1n) is 10.2. The molecule has 1 fully saturated rings. The van der Waals surface area contributed by atoms with Crippen molar-refractivity contribution in [1.82, 2.24) is 14.9 Å². The fourth-order valence-corrected chi connectivity index (χ4v) is 5.15. The normalized spacial score (nSPS) is 17.0. The zero-order chi connectivity index (χ0) is 20.7. The molecule has 30 heavy (non-hydrogen) atoms. The van der Waals surface area contributed by atoms with Gasteiger partial charge >= 0.3 is 0 Å². The van der Waals surface area contributed by atoms with Gasteiger partial charge in [0.25, 0.3) is 11.5 Å². The highest BCUT2D eigenvalue weighted by Crippen LogP contribution is 2.28. The number of thiazole rings is 1. The van der Waals surface area contributed by atoms with E-state index in [9.17, 15) is 9.59 Å². The number of hydrogen-bond acceptors (Lipinski definition) is 7. The average molecular weight is 425 g/mol. The van der Waals surface area contributed by atoms with Crippen molar-refractivity contribution in [2.75, 3.05) is 42.9 Å². The van der Waals surface area contributed by atoms with Gasteiger partial charge in [-0.15, -0.1) is 11.3 Å². The Labute approximate surface area is 177 Å². The van der Waals surface area contributed by atoms with Gasteiger partial charge in [0.05, 0.1) is 11.2 Å². The fourth-order valence-electron chi connectivity index (χ4n) is 4.28. The molecule has 156 valence electrons. The van der Waals surface area contributed by atoms with Crippen LogP contribution >= 0.6 is 11.3 Å². The van der Waals surface area contributed by atoms with Gasteiger partial charge in [-0.3, -0.25) is 14.5 Å². The number of anilines is 2. The Kier molecular flexibility index (Phi) is 4.92. The lowest BCUT2D eigenvalue weighted by molar-refractivity contribution is 0.0996. The van der Waals surface area contributed by atoms with Crippen LogP contribution in [0.25, 0.3) is 10.9 Å². The fraction of sp³-hybridized carbons (Fsp3) is 0.381. The molecular weight excluding hydrogens is 400 g/mol. The molecule has 8 nitrogen and oxygen atoms in total. The first kappa shape index (κ1) is 19.1. The number of carbonyl (C=O) groups excluding carboxylic acids is 1. The highest BCUT2D eigenvalue weighted by Gasteiger charge is 2.21. The van der Waals surface area contributed by atoms with E-state index in [2.05, 4.69) is 43.3 Å². The highest BCUT2D eigenvalue weighted by atomic mass is 32.1. The number of aromatic amines is 1. The Morgan fingerprint density at radius 1 is 1.23 bits per heavy atom. The minimum atomic E-state index is -0.484. The monoisotopic (exact) mass is 424 g/mol. The van der Waals surface area contributed by atoms with E-state index in [0.717, 1.165) is 79.4 Å². The summed E-state index contributed by atoms with van der Waals surface area (Å²) < 4.78 is 0. The number of nitrogens with one attached hydrogen (secondary N) is 2. The maximum Gasteiger partial charge on any atom is 0.268 e. The van der Waals surface area contributed by atoms with Crippen LogP contribution in [-0.2, 0) is 13.0 Å². The third kappa shape index (κ3) is 3.54. The van der Waals surface area contributed by atoms with Crippen LogP contribution in [0.5, 0.6) is 0 Å². The van der Waals surface area contributed by atoms with Gasteiger partial charge in [0, 0.05) is 55.6 Å². The van der Waals surface area contributed by atoms with E-state index in [-0.39, 0.29) is 5.56 Å². The number of hydrogen-bond donors (Lipinski definition) is 3. The van der Waals surface area contributed by atoms with Gasteiger partial charge in [-0.25, -0.2) is 4.98 Å². The topological polar surface area (TPSA) is 107 Å². The van der Waals surface area contributed by atoms with Gasteiger partial charge in [-0.1, -0.05) is 12.1 Å².